The van der Waals surface area contributed by atoms with E-state index in [0.717, 1.165) is 41.7 Å². The molecule has 2 unspecified atom stereocenters. The molecule has 1 aromatic heterocycles. The third-order valence-electron chi connectivity index (χ3n) is 7.44. The first-order valence-electron chi connectivity index (χ1n) is 10.8. The summed E-state index contributed by atoms with van der Waals surface area (Å²) in [7, 11) is 0. The minimum Gasteiger partial charge on any atom is -0.374 e. The first-order chi connectivity index (χ1) is 14.7. The zero-order valence-corrected chi connectivity index (χ0v) is 16.8. The Balaban J connectivity index is 1.71. The Morgan fingerprint density at radius 1 is 1.07 bits per heavy atom. The predicted octanol–water partition coefficient (Wildman–Crippen LogP) is 5.25. The number of fused-ring (bicyclic) bond motifs is 10. The predicted molar refractivity (Wildman–Crippen MR) is 118 cm³/mol. The highest BCUT2D eigenvalue weighted by Gasteiger charge is 2.48. The summed E-state index contributed by atoms with van der Waals surface area (Å²) in [6.45, 7) is 3.63. The molecule has 1 fully saturated rings. The summed E-state index contributed by atoms with van der Waals surface area (Å²) >= 11 is 0. The van der Waals surface area contributed by atoms with Crippen molar-refractivity contribution < 1.29 is 9.53 Å². The molecule has 0 bridgehead atoms. The third-order valence-corrected chi connectivity index (χ3v) is 7.44. The number of carbonyl (C=O) groups is 1. The monoisotopic (exact) mass is 394 g/mol. The summed E-state index contributed by atoms with van der Waals surface area (Å²) in [5.41, 5.74) is 8.81. The van der Waals surface area contributed by atoms with Gasteiger partial charge in [0.05, 0.1) is 16.7 Å². The molecule has 2 aliphatic heterocycles. The molecule has 1 saturated heterocycles. The van der Waals surface area contributed by atoms with Gasteiger partial charge in [-0.25, -0.2) is 0 Å². The first-order valence-corrected chi connectivity index (χ1v) is 10.8. The molecule has 4 nitrogen and oxygen atoms in total. The van der Waals surface area contributed by atoms with Crippen molar-refractivity contribution in [2.75, 3.05) is 6.61 Å². The van der Waals surface area contributed by atoms with Crippen molar-refractivity contribution in [3.05, 3.63) is 70.8 Å². The smallest absolute Gasteiger partial charge is 0.252 e. The average molecular weight is 394 g/mol. The van der Waals surface area contributed by atoms with Crippen LogP contribution in [-0.4, -0.2) is 23.1 Å². The molecule has 1 amide bonds. The Kier molecular flexibility index (Phi) is 3.07. The molecule has 0 saturated carbocycles. The normalized spacial score (nSPS) is 24.3. The van der Waals surface area contributed by atoms with Crippen LogP contribution in [0.4, 0.5) is 0 Å². The lowest BCUT2D eigenvalue weighted by atomic mass is 9.78. The van der Waals surface area contributed by atoms with E-state index < -0.39 is 0 Å². The van der Waals surface area contributed by atoms with Crippen molar-refractivity contribution in [2.45, 2.75) is 37.8 Å². The fourth-order valence-electron chi connectivity index (χ4n) is 6.24. The van der Waals surface area contributed by atoms with Crippen LogP contribution in [0.3, 0.4) is 0 Å². The number of nitrogens with one attached hydrogen (secondary N) is 2. The van der Waals surface area contributed by atoms with E-state index in [-0.39, 0.29) is 17.4 Å². The highest BCUT2D eigenvalue weighted by Crippen LogP contribution is 2.57. The molecule has 2 atom stereocenters. The fraction of sp³-hybridized carbons (Fsp3) is 0.269. The number of hydrogen-bond acceptors (Lipinski definition) is 2. The van der Waals surface area contributed by atoms with Crippen LogP contribution in [0.25, 0.3) is 32.9 Å². The number of benzene rings is 3. The number of aromatic amines is 1. The molecule has 1 aliphatic carbocycles. The minimum absolute atomic E-state index is 0.0429. The standard InChI is InChI=1S/C26H22N2O2/c1-26(11-6-12-30-26)23-15-8-3-2-7-14(15)20-21-17(13-27-25(21)29)19-16-9-4-5-10-18(16)28-24(19)22(20)23/h2-5,7-10,23,28H,6,11-13H2,1H3,(H,27,29). The van der Waals surface area contributed by atoms with Crippen molar-refractivity contribution in [2.24, 2.45) is 0 Å². The van der Waals surface area contributed by atoms with Crippen LogP contribution in [0.1, 0.15) is 52.7 Å². The van der Waals surface area contributed by atoms with Gasteiger partial charge in [-0.05, 0) is 48.1 Å². The van der Waals surface area contributed by atoms with Gasteiger partial charge in [-0.1, -0.05) is 42.5 Å². The Morgan fingerprint density at radius 2 is 1.90 bits per heavy atom. The van der Waals surface area contributed by atoms with E-state index in [1.54, 1.807) is 0 Å². The minimum atomic E-state index is -0.269. The van der Waals surface area contributed by atoms with Gasteiger partial charge in [-0.2, -0.15) is 0 Å². The van der Waals surface area contributed by atoms with Gasteiger partial charge in [-0.3, -0.25) is 4.79 Å². The number of amides is 1. The number of aromatic nitrogens is 1. The number of hydrogen-bond donors (Lipinski definition) is 2. The highest BCUT2D eigenvalue weighted by atomic mass is 16.5. The van der Waals surface area contributed by atoms with E-state index in [2.05, 4.69) is 65.8 Å². The van der Waals surface area contributed by atoms with Gasteiger partial charge >= 0.3 is 0 Å². The molecule has 3 aliphatic rings. The average Bonchev–Trinajstić information content (AvgIpc) is 3.51. The van der Waals surface area contributed by atoms with Gasteiger partial charge in [0.25, 0.3) is 5.91 Å². The molecule has 0 spiro atoms. The van der Waals surface area contributed by atoms with E-state index in [4.69, 9.17) is 4.74 Å². The summed E-state index contributed by atoms with van der Waals surface area (Å²) in [4.78, 5) is 16.8. The zero-order valence-electron chi connectivity index (χ0n) is 16.8. The second-order valence-corrected chi connectivity index (χ2v) is 9.03. The quantitative estimate of drug-likeness (QED) is 0.463. The van der Waals surface area contributed by atoms with E-state index in [9.17, 15) is 4.79 Å². The Hall–Kier alpha value is -3.11. The van der Waals surface area contributed by atoms with Crippen LogP contribution in [-0.2, 0) is 11.3 Å². The molecular weight excluding hydrogens is 372 g/mol. The van der Waals surface area contributed by atoms with Crippen LogP contribution in [0.15, 0.2) is 48.5 Å². The summed E-state index contributed by atoms with van der Waals surface area (Å²) < 4.78 is 6.39. The van der Waals surface area contributed by atoms with Gasteiger partial charge in [0.2, 0.25) is 0 Å². The topological polar surface area (TPSA) is 54.1 Å². The van der Waals surface area contributed by atoms with Gasteiger partial charge in [0.15, 0.2) is 0 Å². The van der Waals surface area contributed by atoms with E-state index in [1.807, 2.05) is 0 Å². The largest absolute Gasteiger partial charge is 0.374 e. The van der Waals surface area contributed by atoms with Crippen LogP contribution in [0.2, 0.25) is 0 Å². The summed E-state index contributed by atoms with van der Waals surface area (Å²) in [5, 5.41) is 5.48. The molecule has 4 heteroatoms. The summed E-state index contributed by atoms with van der Waals surface area (Å²) in [6, 6.07) is 17.0. The molecule has 148 valence electrons. The molecule has 30 heavy (non-hydrogen) atoms. The molecule has 2 N–H and O–H groups in total. The van der Waals surface area contributed by atoms with Crippen molar-refractivity contribution in [1.29, 1.82) is 0 Å². The summed E-state index contributed by atoms with van der Waals surface area (Å²) in [5.74, 6) is 0.154. The maximum absolute atomic E-state index is 13.1. The molecule has 3 aromatic carbocycles. The van der Waals surface area contributed by atoms with E-state index >= 15 is 0 Å². The SMILES string of the molecule is CC1(C2c3ccccc3-c3c4c(c5c([nH]c6ccccc65)c32)CNC4=O)CCCO1. The van der Waals surface area contributed by atoms with E-state index in [0.29, 0.717) is 6.54 Å². The van der Waals surface area contributed by atoms with Crippen molar-refractivity contribution >= 4 is 27.7 Å². The van der Waals surface area contributed by atoms with Gasteiger partial charge in [0, 0.05) is 40.9 Å². The van der Waals surface area contributed by atoms with Crippen LogP contribution in [0, 0.1) is 0 Å². The molecule has 4 aromatic rings. The second-order valence-electron chi connectivity index (χ2n) is 9.03. The zero-order chi connectivity index (χ0) is 20.0. The van der Waals surface area contributed by atoms with Crippen LogP contribution < -0.4 is 5.32 Å². The molecule has 7 rings (SSSR count). The Labute approximate surface area is 174 Å². The van der Waals surface area contributed by atoms with E-state index in [1.165, 1.54) is 33.0 Å². The highest BCUT2D eigenvalue weighted by molar-refractivity contribution is 6.20. The Morgan fingerprint density at radius 3 is 2.77 bits per heavy atom. The van der Waals surface area contributed by atoms with Crippen molar-refractivity contribution in [1.82, 2.24) is 10.3 Å². The summed E-state index contributed by atoms with van der Waals surface area (Å²) in [6.07, 6.45) is 2.10. The van der Waals surface area contributed by atoms with Crippen molar-refractivity contribution in [3.8, 4) is 11.1 Å². The number of carbonyl (C=O) groups excluding carboxylic acids is 1. The first kappa shape index (κ1) is 16.7. The van der Waals surface area contributed by atoms with Crippen molar-refractivity contribution in [3.63, 3.8) is 0 Å². The number of para-hydroxylation sites is 1. The maximum Gasteiger partial charge on any atom is 0.252 e. The number of rotatable bonds is 1. The van der Waals surface area contributed by atoms with Crippen LogP contribution >= 0.6 is 0 Å². The number of H-pyrrole nitrogens is 1. The lowest BCUT2D eigenvalue weighted by Crippen LogP contribution is -2.32. The maximum atomic E-state index is 13.1. The van der Waals surface area contributed by atoms with Gasteiger partial charge in [0.1, 0.15) is 0 Å². The number of ether oxygens (including phenoxy) is 1. The second kappa shape index (κ2) is 5.52. The lowest BCUT2D eigenvalue weighted by molar-refractivity contribution is 0.00797. The third kappa shape index (κ3) is 1.88. The molecular formula is C26H22N2O2. The molecule has 0 radical (unpaired) electrons. The van der Waals surface area contributed by atoms with Gasteiger partial charge < -0.3 is 15.0 Å². The molecule has 3 heterocycles. The Bertz CT molecular complexity index is 1390. The van der Waals surface area contributed by atoms with Gasteiger partial charge in [-0.15, -0.1) is 0 Å². The lowest BCUT2D eigenvalue weighted by Gasteiger charge is -2.32. The fourth-order valence-corrected chi connectivity index (χ4v) is 6.24. The van der Waals surface area contributed by atoms with Crippen LogP contribution in [0.5, 0.6) is 0 Å².